The van der Waals surface area contributed by atoms with E-state index in [1.54, 1.807) is 20.8 Å². The van der Waals surface area contributed by atoms with Gasteiger partial charge in [0.1, 0.15) is 17.7 Å². The van der Waals surface area contributed by atoms with Gasteiger partial charge in [0.05, 0.1) is 0 Å². The van der Waals surface area contributed by atoms with Crippen LogP contribution < -0.4 is 5.32 Å². The summed E-state index contributed by atoms with van der Waals surface area (Å²) < 4.78 is 10.9. The van der Waals surface area contributed by atoms with Gasteiger partial charge in [-0.05, 0) is 43.0 Å². The fraction of sp³-hybridized carbons (Fsp3) is 0.423. The highest BCUT2D eigenvalue weighted by Gasteiger charge is 2.56. The van der Waals surface area contributed by atoms with Crippen molar-refractivity contribution in [1.29, 1.82) is 0 Å². The fourth-order valence-corrected chi connectivity index (χ4v) is 4.79. The van der Waals surface area contributed by atoms with Gasteiger partial charge in [0.25, 0.3) is 0 Å². The largest absolute Gasteiger partial charge is 0.479 e. The molecule has 0 aliphatic heterocycles. The lowest BCUT2D eigenvalue weighted by Gasteiger charge is -2.48. The fourth-order valence-electron chi connectivity index (χ4n) is 4.79. The summed E-state index contributed by atoms with van der Waals surface area (Å²) in [6.45, 7) is 5.35. The SMILES string of the molecule is CN(C(=O)OCC1c2ccccc2-c2ccccc21)C1(C(=O)O)CC(NC(=O)OC(C)(C)C)C1. The third-order valence-corrected chi connectivity index (χ3v) is 6.54. The van der Waals surface area contributed by atoms with E-state index in [4.69, 9.17) is 9.47 Å². The average Bonchev–Trinajstić information content (AvgIpc) is 3.06. The van der Waals surface area contributed by atoms with Crippen LogP contribution in [-0.4, -0.2) is 59.0 Å². The molecule has 0 bridgehead atoms. The van der Waals surface area contributed by atoms with Crippen LogP contribution in [0.3, 0.4) is 0 Å². The number of nitrogens with one attached hydrogen (secondary N) is 1. The predicted octanol–water partition coefficient (Wildman–Crippen LogP) is 4.38. The quantitative estimate of drug-likeness (QED) is 0.678. The van der Waals surface area contributed by atoms with Gasteiger partial charge >= 0.3 is 18.2 Å². The first-order valence-corrected chi connectivity index (χ1v) is 11.3. The molecule has 2 aromatic carbocycles. The van der Waals surface area contributed by atoms with Crippen molar-refractivity contribution in [1.82, 2.24) is 10.2 Å². The van der Waals surface area contributed by atoms with Crippen LogP contribution in [0.25, 0.3) is 11.1 Å². The normalized spacial score (nSPS) is 21.0. The number of benzene rings is 2. The molecule has 4 rings (SSSR count). The molecule has 34 heavy (non-hydrogen) atoms. The smallest absolute Gasteiger partial charge is 0.410 e. The third kappa shape index (κ3) is 4.32. The van der Waals surface area contributed by atoms with E-state index in [1.807, 2.05) is 48.5 Å². The Morgan fingerprint density at radius 2 is 1.56 bits per heavy atom. The zero-order valence-electron chi connectivity index (χ0n) is 19.8. The minimum atomic E-state index is -1.44. The topological polar surface area (TPSA) is 105 Å². The van der Waals surface area contributed by atoms with E-state index in [-0.39, 0.29) is 25.4 Å². The zero-order chi connectivity index (χ0) is 24.7. The molecule has 8 heteroatoms. The lowest BCUT2D eigenvalue weighted by molar-refractivity contribution is -0.157. The molecule has 2 N–H and O–H groups in total. The van der Waals surface area contributed by atoms with E-state index in [2.05, 4.69) is 5.32 Å². The predicted molar refractivity (Wildman–Crippen MR) is 126 cm³/mol. The van der Waals surface area contributed by atoms with Crippen molar-refractivity contribution in [3.8, 4) is 11.1 Å². The lowest BCUT2D eigenvalue weighted by Crippen LogP contribution is -2.68. The maximum absolute atomic E-state index is 12.9. The Kier molecular flexibility index (Phi) is 6.02. The van der Waals surface area contributed by atoms with Crippen molar-refractivity contribution in [3.63, 3.8) is 0 Å². The van der Waals surface area contributed by atoms with Crippen molar-refractivity contribution in [3.05, 3.63) is 59.7 Å². The molecule has 0 spiro atoms. The van der Waals surface area contributed by atoms with E-state index in [0.717, 1.165) is 27.2 Å². The number of carbonyl (C=O) groups excluding carboxylic acids is 2. The van der Waals surface area contributed by atoms with Crippen LogP contribution in [0.1, 0.15) is 50.7 Å². The Morgan fingerprint density at radius 1 is 1.03 bits per heavy atom. The van der Waals surface area contributed by atoms with Crippen molar-refractivity contribution in [2.75, 3.05) is 13.7 Å². The van der Waals surface area contributed by atoms with Gasteiger partial charge in [0, 0.05) is 31.8 Å². The first-order chi connectivity index (χ1) is 16.0. The lowest BCUT2D eigenvalue weighted by atomic mass is 9.71. The van der Waals surface area contributed by atoms with Gasteiger partial charge in [-0.2, -0.15) is 0 Å². The zero-order valence-corrected chi connectivity index (χ0v) is 19.8. The monoisotopic (exact) mass is 466 g/mol. The minimum absolute atomic E-state index is 0.0717. The van der Waals surface area contributed by atoms with Gasteiger partial charge in [-0.25, -0.2) is 14.4 Å². The van der Waals surface area contributed by atoms with E-state index < -0.39 is 35.3 Å². The van der Waals surface area contributed by atoms with E-state index >= 15 is 0 Å². The second-order valence-electron chi connectivity index (χ2n) is 9.95. The minimum Gasteiger partial charge on any atom is -0.479 e. The van der Waals surface area contributed by atoms with Crippen LogP contribution in [0.4, 0.5) is 9.59 Å². The highest BCUT2D eigenvalue weighted by atomic mass is 16.6. The number of ether oxygens (including phenoxy) is 2. The average molecular weight is 467 g/mol. The molecule has 0 unspecified atom stereocenters. The van der Waals surface area contributed by atoms with Gasteiger partial charge in [-0.3, -0.25) is 4.90 Å². The molecule has 0 radical (unpaired) electrons. The van der Waals surface area contributed by atoms with Crippen molar-refractivity contribution < 1.29 is 29.0 Å². The molecule has 0 aromatic heterocycles. The Hall–Kier alpha value is -3.55. The Balaban J connectivity index is 1.40. The van der Waals surface area contributed by atoms with E-state index in [0.29, 0.717) is 0 Å². The number of carbonyl (C=O) groups is 3. The molecule has 1 saturated carbocycles. The number of aliphatic carboxylic acids is 1. The van der Waals surface area contributed by atoms with Crippen molar-refractivity contribution in [2.45, 2.75) is 56.7 Å². The van der Waals surface area contributed by atoms with Crippen LogP contribution in [0.5, 0.6) is 0 Å². The molecule has 0 saturated heterocycles. The van der Waals surface area contributed by atoms with Crippen LogP contribution in [0.15, 0.2) is 48.5 Å². The van der Waals surface area contributed by atoms with Crippen LogP contribution in [0, 0.1) is 0 Å². The summed E-state index contributed by atoms with van der Waals surface area (Å²) in [6.07, 6.45) is -1.18. The number of carboxylic acids is 1. The number of hydrogen-bond donors (Lipinski definition) is 2. The van der Waals surface area contributed by atoms with Gasteiger partial charge in [0.15, 0.2) is 0 Å². The first-order valence-electron chi connectivity index (χ1n) is 11.3. The summed E-state index contributed by atoms with van der Waals surface area (Å²) in [4.78, 5) is 38.2. The second kappa shape index (κ2) is 8.66. The number of carboxylic acid groups (broad SMARTS) is 1. The molecule has 2 aliphatic rings. The second-order valence-corrected chi connectivity index (χ2v) is 9.95. The maximum atomic E-state index is 12.9. The van der Waals surface area contributed by atoms with Crippen LogP contribution in [0.2, 0.25) is 0 Å². The first kappa shape index (κ1) is 23.6. The number of rotatable bonds is 5. The molecule has 180 valence electrons. The summed E-state index contributed by atoms with van der Waals surface area (Å²) >= 11 is 0. The van der Waals surface area contributed by atoms with Gasteiger partial charge in [0.2, 0.25) is 0 Å². The summed E-state index contributed by atoms with van der Waals surface area (Å²) in [5, 5.41) is 12.6. The van der Waals surface area contributed by atoms with Gasteiger partial charge in [-0.15, -0.1) is 0 Å². The molecular formula is C26H30N2O6. The molecule has 8 nitrogen and oxygen atoms in total. The molecule has 1 fully saturated rings. The number of likely N-dealkylation sites (N-methyl/N-ethyl adjacent to an activating group) is 1. The highest BCUT2D eigenvalue weighted by Crippen LogP contribution is 2.45. The van der Waals surface area contributed by atoms with Crippen LogP contribution >= 0.6 is 0 Å². The van der Waals surface area contributed by atoms with Crippen LogP contribution in [-0.2, 0) is 14.3 Å². The van der Waals surface area contributed by atoms with E-state index in [1.165, 1.54) is 7.05 Å². The molecular weight excluding hydrogens is 436 g/mol. The maximum Gasteiger partial charge on any atom is 0.410 e. The molecule has 2 amide bonds. The Labute approximate surface area is 198 Å². The summed E-state index contributed by atoms with van der Waals surface area (Å²) in [5.41, 5.74) is 2.29. The summed E-state index contributed by atoms with van der Waals surface area (Å²) in [7, 11) is 1.43. The van der Waals surface area contributed by atoms with Gasteiger partial charge in [-0.1, -0.05) is 48.5 Å². The molecule has 2 aromatic rings. The Bertz CT molecular complexity index is 1070. The molecule has 0 atom stereocenters. The Morgan fingerprint density at radius 3 is 2.06 bits per heavy atom. The number of nitrogens with zero attached hydrogens (tertiary/aromatic N) is 1. The third-order valence-electron chi connectivity index (χ3n) is 6.54. The number of fused-ring (bicyclic) bond motifs is 3. The number of amides is 2. The summed E-state index contributed by atoms with van der Waals surface area (Å²) in [6, 6.07) is 15.6. The number of alkyl carbamates (subject to hydrolysis) is 1. The molecule has 0 heterocycles. The summed E-state index contributed by atoms with van der Waals surface area (Å²) in [5.74, 6) is -1.25. The van der Waals surface area contributed by atoms with Crippen molar-refractivity contribution in [2.24, 2.45) is 0 Å². The number of hydrogen-bond acceptors (Lipinski definition) is 5. The standard InChI is InChI=1S/C26H30N2O6/c1-25(2,3)34-23(31)27-16-13-26(14-16,22(29)30)28(4)24(32)33-15-21-19-11-7-5-9-17(19)18-10-6-8-12-20(18)21/h5-12,16,21H,13-15H2,1-4H3,(H,27,31)(H,29,30). The van der Waals surface area contributed by atoms with E-state index in [9.17, 15) is 19.5 Å². The van der Waals surface area contributed by atoms with Crippen molar-refractivity contribution >= 4 is 18.2 Å². The van der Waals surface area contributed by atoms with Gasteiger partial charge < -0.3 is 19.9 Å². The highest BCUT2D eigenvalue weighted by molar-refractivity contribution is 5.86. The molecule has 2 aliphatic carbocycles.